The second kappa shape index (κ2) is 10.1. The molecule has 0 bridgehead atoms. The van der Waals surface area contributed by atoms with Crippen molar-refractivity contribution in [1.82, 2.24) is 20.6 Å². The summed E-state index contributed by atoms with van der Waals surface area (Å²) in [6, 6.07) is 0. The van der Waals surface area contributed by atoms with Crippen LogP contribution >= 0.6 is 35.3 Å². The van der Waals surface area contributed by atoms with Crippen molar-refractivity contribution in [2.24, 2.45) is 4.99 Å². The summed E-state index contributed by atoms with van der Waals surface area (Å²) in [5.41, 5.74) is -0.0421. The summed E-state index contributed by atoms with van der Waals surface area (Å²) < 4.78 is 5.77. The average molecular weight is 477 g/mol. The van der Waals surface area contributed by atoms with Gasteiger partial charge in [-0.05, 0) is 13.3 Å². The Hall–Kier alpha value is -1.16. The largest absolute Gasteiger partial charge is 0.443 e. The Bertz CT molecular complexity index is 675. The summed E-state index contributed by atoms with van der Waals surface area (Å²) in [4.78, 5) is 14.5. The molecular weight excluding hydrogens is 449 g/mol. The molecule has 2 aromatic heterocycles. The van der Waals surface area contributed by atoms with Gasteiger partial charge in [-0.1, -0.05) is 27.7 Å². The number of rotatable bonds is 6. The number of hydrogen-bond acceptors (Lipinski definition) is 5. The van der Waals surface area contributed by atoms with Crippen LogP contribution in [-0.4, -0.2) is 22.5 Å². The van der Waals surface area contributed by atoms with Gasteiger partial charge in [-0.25, -0.2) is 15.0 Å². The number of oxazole rings is 1. The van der Waals surface area contributed by atoms with Gasteiger partial charge in [0.25, 0.3) is 0 Å². The van der Waals surface area contributed by atoms with Crippen LogP contribution < -0.4 is 10.6 Å². The van der Waals surface area contributed by atoms with Gasteiger partial charge < -0.3 is 15.1 Å². The molecule has 0 saturated heterocycles. The summed E-state index contributed by atoms with van der Waals surface area (Å²) in [6.45, 7) is 12.3. The summed E-state index contributed by atoms with van der Waals surface area (Å²) in [6.07, 6.45) is 4.74. The van der Waals surface area contributed by atoms with Gasteiger partial charge in [-0.3, -0.25) is 0 Å². The predicted molar refractivity (Wildman–Crippen MR) is 114 cm³/mol. The molecule has 6 nitrogen and oxygen atoms in total. The van der Waals surface area contributed by atoms with E-state index in [1.165, 1.54) is 4.88 Å². The minimum absolute atomic E-state index is 0. The Morgan fingerprint density at radius 1 is 1.20 bits per heavy atom. The predicted octanol–water partition coefficient (Wildman–Crippen LogP) is 3.86. The maximum atomic E-state index is 5.77. The Labute approximate surface area is 171 Å². The van der Waals surface area contributed by atoms with Crippen molar-refractivity contribution in [2.75, 3.05) is 6.54 Å². The number of nitrogens with zero attached hydrogens (tertiary/aromatic N) is 3. The van der Waals surface area contributed by atoms with Crippen molar-refractivity contribution in [2.45, 2.75) is 59.5 Å². The Morgan fingerprint density at radius 2 is 1.96 bits per heavy atom. The van der Waals surface area contributed by atoms with Crippen molar-refractivity contribution in [3.8, 4) is 0 Å². The number of guanidine groups is 1. The van der Waals surface area contributed by atoms with E-state index < -0.39 is 0 Å². The molecule has 0 amide bonds. The van der Waals surface area contributed by atoms with E-state index in [9.17, 15) is 0 Å². The highest BCUT2D eigenvalue weighted by atomic mass is 127. The van der Waals surface area contributed by atoms with Gasteiger partial charge in [0.2, 0.25) is 5.89 Å². The maximum absolute atomic E-state index is 5.77. The van der Waals surface area contributed by atoms with Crippen molar-refractivity contribution >= 4 is 41.3 Å². The summed E-state index contributed by atoms with van der Waals surface area (Å²) in [7, 11) is 0. The number of nitrogens with one attached hydrogen (secondary N) is 2. The molecule has 2 rings (SSSR count). The maximum Gasteiger partial charge on any atom is 0.216 e. The van der Waals surface area contributed by atoms with Crippen LogP contribution in [0.15, 0.2) is 21.8 Å². The molecule has 0 aromatic carbocycles. The van der Waals surface area contributed by atoms with Crippen LogP contribution in [0.4, 0.5) is 0 Å². The monoisotopic (exact) mass is 477 g/mol. The van der Waals surface area contributed by atoms with Crippen LogP contribution in [0.1, 0.15) is 56.2 Å². The van der Waals surface area contributed by atoms with E-state index in [2.05, 4.69) is 53.3 Å². The van der Waals surface area contributed by atoms with Crippen LogP contribution in [0.2, 0.25) is 0 Å². The van der Waals surface area contributed by atoms with Crippen molar-refractivity contribution in [3.63, 3.8) is 0 Å². The number of aliphatic imine (C=N–C) groups is 1. The normalized spacial score (nSPS) is 12.0. The molecule has 25 heavy (non-hydrogen) atoms. The topological polar surface area (TPSA) is 75.3 Å². The molecule has 0 aliphatic rings. The molecule has 2 heterocycles. The highest BCUT2D eigenvalue weighted by Gasteiger charge is 2.19. The van der Waals surface area contributed by atoms with E-state index in [0.29, 0.717) is 19.0 Å². The zero-order chi connectivity index (χ0) is 17.6. The molecule has 0 unspecified atom stereocenters. The molecule has 0 saturated carbocycles. The Balaban J connectivity index is 0.00000312. The van der Waals surface area contributed by atoms with Crippen LogP contribution in [0.3, 0.4) is 0 Å². The van der Waals surface area contributed by atoms with E-state index in [0.717, 1.165) is 29.7 Å². The minimum Gasteiger partial charge on any atom is -0.443 e. The molecular formula is C17H28IN5OS. The third kappa shape index (κ3) is 6.93. The molecule has 0 radical (unpaired) electrons. The first-order chi connectivity index (χ1) is 11.4. The quantitative estimate of drug-likeness (QED) is 0.376. The molecule has 0 fully saturated rings. The second-order valence-electron chi connectivity index (χ2n) is 6.49. The van der Waals surface area contributed by atoms with Gasteiger partial charge in [0.05, 0.1) is 12.7 Å². The van der Waals surface area contributed by atoms with E-state index in [4.69, 9.17) is 4.42 Å². The van der Waals surface area contributed by atoms with Gasteiger partial charge in [-0.2, -0.15) is 0 Å². The third-order valence-electron chi connectivity index (χ3n) is 3.37. The fraction of sp³-hybridized carbons (Fsp3) is 0.588. The standard InChI is InChI=1S/C17H27N5OS.HI/c1-6-12-8-20-15(24-12)11-22-16(18-7-2)21-10-14-19-9-13(23-14)17(3,4)5;/h8-9H,6-7,10-11H2,1-5H3,(H2,18,21,22);1H. The number of thiazole rings is 1. The zero-order valence-corrected chi connectivity index (χ0v) is 18.7. The Kier molecular flexibility index (Phi) is 8.84. The number of hydrogen-bond donors (Lipinski definition) is 2. The lowest BCUT2D eigenvalue weighted by Gasteiger charge is -2.13. The number of aryl methyl sites for hydroxylation is 1. The van der Waals surface area contributed by atoms with Crippen molar-refractivity contribution in [1.29, 1.82) is 0 Å². The molecule has 2 N–H and O–H groups in total. The third-order valence-corrected chi connectivity index (χ3v) is 4.51. The zero-order valence-electron chi connectivity index (χ0n) is 15.5. The fourth-order valence-electron chi connectivity index (χ4n) is 1.97. The van der Waals surface area contributed by atoms with Crippen LogP contribution in [0.5, 0.6) is 0 Å². The molecule has 2 aromatic rings. The van der Waals surface area contributed by atoms with Crippen LogP contribution in [0.25, 0.3) is 0 Å². The van der Waals surface area contributed by atoms with Crippen molar-refractivity contribution < 1.29 is 4.42 Å². The molecule has 8 heteroatoms. The lowest BCUT2D eigenvalue weighted by atomic mass is 9.94. The molecule has 0 spiro atoms. The van der Waals surface area contributed by atoms with Gasteiger partial charge in [0.1, 0.15) is 17.3 Å². The molecule has 0 atom stereocenters. The van der Waals surface area contributed by atoms with Gasteiger partial charge >= 0.3 is 0 Å². The lowest BCUT2D eigenvalue weighted by molar-refractivity contribution is 0.383. The van der Waals surface area contributed by atoms with Gasteiger partial charge in [0, 0.05) is 23.0 Å². The highest BCUT2D eigenvalue weighted by molar-refractivity contribution is 14.0. The summed E-state index contributed by atoms with van der Waals surface area (Å²) >= 11 is 1.73. The fourth-order valence-corrected chi connectivity index (χ4v) is 2.77. The molecule has 0 aliphatic heterocycles. The first kappa shape index (κ1) is 21.9. The second-order valence-corrected chi connectivity index (χ2v) is 7.69. The van der Waals surface area contributed by atoms with Gasteiger partial charge in [-0.15, -0.1) is 35.3 Å². The van der Waals surface area contributed by atoms with E-state index in [1.54, 1.807) is 17.5 Å². The average Bonchev–Trinajstić information content (AvgIpc) is 3.18. The number of halogens is 1. The van der Waals surface area contributed by atoms with E-state index >= 15 is 0 Å². The highest BCUT2D eigenvalue weighted by Crippen LogP contribution is 2.22. The summed E-state index contributed by atoms with van der Waals surface area (Å²) in [5.74, 6) is 2.24. The van der Waals surface area contributed by atoms with Crippen molar-refractivity contribution in [3.05, 3.63) is 33.9 Å². The molecule has 140 valence electrons. The minimum atomic E-state index is -0.0421. The van der Waals surface area contributed by atoms with Crippen LogP contribution in [0, 0.1) is 0 Å². The molecule has 0 aliphatic carbocycles. The van der Waals surface area contributed by atoms with E-state index in [-0.39, 0.29) is 29.4 Å². The van der Waals surface area contributed by atoms with E-state index in [1.807, 2.05) is 13.1 Å². The SMILES string of the molecule is CCNC(=NCc1ncc(C(C)(C)C)o1)NCc1ncc(CC)s1.I. The smallest absolute Gasteiger partial charge is 0.216 e. The van der Waals surface area contributed by atoms with Crippen LogP contribution in [-0.2, 0) is 24.9 Å². The first-order valence-corrected chi connectivity index (χ1v) is 9.15. The number of aromatic nitrogens is 2. The Morgan fingerprint density at radius 3 is 2.52 bits per heavy atom. The van der Waals surface area contributed by atoms with Gasteiger partial charge in [0.15, 0.2) is 5.96 Å². The lowest BCUT2D eigenvalue weighted by Crippen LogP contribution is -2.36. The summed E-state index contributed by atoms with van der Waals surface area (Å²) in [5, 5.41) is 7.59. The first-order valence-electron chi connectivity index (χ1n) is 8.33.